The lowest BCUT2D eigenvalue weighted by Crippen LogP contribution is -2.52. The van der Waals surface area contributed by atoms with Crippen molar-refractivity contribution in [2.45, 2.75) is 38.3 Å². The number of piperidine rings is 1. The van der Waals surface area contributed by atoms with Gasteiger partial charge in [-0.2, -0.15) is 0 Å². The van der Waals surface area contributed by atoms with Crippen molar-refractivity contribution in [2.24, 2.45) is 0 Å². The third-order valence-electron chi connectivity index (χ3n) is 6.42. The van der Waals surface area contributed by atoms with Crippen LogP contribution in [-0.2, 0) is 16.1 Å². The van der Waals surface area contributed by atoms with Crippen molar-refractivity contribution in [3.63, 3.8) is 0 Å². The zero-order chi connectivity index (χ0) is 22.7. The highest BCUT2D eigenvalue weighted by Crippen LogP contribution is 2.30. The molecule has 0 bridgehead atoms. The van der Waals surface area contributed by atoms with E-state index in [0.717, 1.165) is 56.8 Å². The summed E-state index contributed by atoms with van der Waals surface area (Å²) in [5.74, 6) is -0.825. The van der Waals surface area contributed by atoms with Gasteiger partial charge in [0.1, 0.15) is 6.04 Å². The van der Waals surface area contributed by atoms with Crippen molar-refractivity contribution in [3.8, 4) is 0 Å². The molecule has 1 aromatic rings. The number of unbranched alkanes of at least 4 members (excludes halogenated alkanes) is 1. The zero-order valence-corrected chi connectivity index (χ0v) is 18.0. The summed E-state index contributed by atoms with van der Waals surface area (Å²) in [5.41, 5.74) is 2.63. The number of anilines is 1. The average Bonchev–Trinajstić information content (AvgIpc) is 3.09. The molecule has 2 saturated heterocycles. The number of hydrogen-bond acceptors (Lipinski definition) is 6. The maximum absolute atomic E-state index is 12.8. The molecule has 0 saturated carbocycles. The monoisotopic (exact) mass is 443 g/mol. The molecule has 10 heteroatoms. The SMILES string of the molecule is O=C(O)NCCCCN1CCN(c2ccc3c(c2)CN(C2CCC(=O)NC2=O)C3=O)CC1. The van der Waals surface area contributed by atoms with Gasteiger partial charge in [-0.15, -0.1) is 0 Å². The van der Waals surface area contributed by atoms with Gasteiger partial charge >= 0.3 is 6.09 Å². The Kier molecular flexibility index (Phi) is 6.59. The third kappa shape index (κ3) is 4.85. The molecule has 1 atom stereocenters. The number of piperazine rings is 1. The maximum atomic E-state index is 12.8. The number of rotatable bonds is 7. The summed E-state index contributed by atoms with van der Waals surface area (Å²) < 4.78 is 0. The van der Waals surface area contributed by atoms with E-state index >= 15 is 0 Å². The Morgan fingerprint density at radius 1 is 1.12 bits per heavy atom. The average molecular weight is 444 g/mol. The molecule has 3 heterocycles. The van der Waals surface area contributed by atoms with Crippen LogP contribution in [0.15, 0.2) is 18.2 Å². The van der Waals surface area contributed by atoms with Crippen LogP contribution in [0.25, 0.3) is 0 Å². The fraction of sp³-hybridized carbons (Fsp3) is 0.545. The van der Waals surface area contributed by atoms with E-state index in [1.807, 2.05) is 18.2 Å². The Hall–Kier alpha value is -3.14. The molecule has 3 N–H and O–H groups in total. The van der Waals surface area contributed by atoms with Crippen molar-refractivity contribution in [2.75, 3.05) is 44.2 Å². The quantitative estimate of drug-likeness (QED) is 0.417. The van der Waals surface area contributed by atoms with Gasteiger partial charge in [0.05, 0.1) is 0 Å². The second-order valence-electron chi connectivity index (χ2n) is 8.51. The van der Waals surface area contributed by atoms with Crippen LogP contribution in [0, 0.1) is 0 Å². The molecular formula is C22H29N5O5. The minimum atomic E-state index is -0.977. The molecule has 1 unspecified atom stereocenters. The summed E-state index contributed by atoms with van der Waals surface area (Å²) in [6.07, 6.45) is 1.43. The maximum Gasteiger partial charge on any atom is 0.404 e. The fourth-order valence-corrected chi connectivity index (χ4v) is 4.64. The first-order chi connectivity index (χ1) is 15.4. The van der Waals surface area contributed by atoms with Crippen molar-refractivity contribution in [3.05, 3.63) is 29.3 Å². The number of nitrogens with one attached hydrogen (secondary N) is 2. The Labute approximate surface area is 186 Å². The van der Waals surface area contributed by atoms with Crippen LogP contribution >= 0.6 is 0 Å². The largest absolute Gasteiger partial charge is 0.465 e. The number of benzene rings is 1. The lowest BCUT2D eigenvalue weighted by molar-refractivity contribution is -0.136. The van der Waals surface area contributed by atoms with Gasteiger partial charge in [-0.3, -0.25) is 24.6 Å². The lowest BCUT2D eigenvalue weighted by atomic mass is 10.0. The van der Waals surface area contributed by atoms with E-state index < -0.39 is 18.0 Å². The predicted molar refractivity (Wildman–Crippen MR) is 116 cm³/mol. The predicted octanol–water partition coefficient (Wildman–Crippen LogP) is 0.617. The van der Waals surface area contributed by atoms with E-state index in [-0.39, 0.29) is 18.2 Å². The van der Waals surface area contributed by atoms with Gasteiger partial charge in [-0.05, 0) is 49.6 Å². The normalized spacial score (nSPS) is 21.5. The second-order valence-corrected chi connectivity index (χ2v) is 8.51. The highest BCUT2D eigenvalue weighted by Gasteiger charge is 2.39. The van der Waals surface area contributed by atoms with Crippen LogP contribution in [0.5, 0.6) is 0 Å². The number of carbonyl (C=O) groups excluding carboxylic acids is 3. The summed E-state index contributed by atoms with van der Waals surface area (Å²) in [6.45, 7) is 5.47. The van der Waals surface area contributed by atoms with Crippen LogP contribution < -0.4 is 15.5 Å². The summed E-state index contributed by atoms with van der Waals surface area (Å²) >= 11 is 0. The number of imide groups is 1. The molecular weight excluding hydrogens is 414 g/mol. The van der Waals surface area contributed by atoms with Crippen molar-refractivity contribution >= 4 is 29.5 Å². The highest BCUT2D eigenvalue weighted by atomic mass is 16.4. The van der Waals surface area contributed by atoms with Gasteiger partial charge in [0.15, 0.2) is 0 Å². The molecule has 3 aliphatic heterocycles. The number of nitrogens with zero attached hydrogens (tertiary/aromatic N) is 3. The first kappa shape index (κ1) is 22.1. The summed E-state index contributed by atoms with van der Waals surface area (Å²) in [6, 6.07) is 5.27. The van der Waals surface area contributed by atoms with E-state index in [9.17, 15) is 19.2 Å². The van der Waals surface area contributed by atoms with E-state index in [4.69, 9.17) is 5.11 Å². The lowest BCUT2D eigenvalue weighted by Gasteiger charge is -2.36. The number of hydrogen-bond donors (Lipinski definition) is 3. The smallest absolute Gasteiger partial charge is 0.404 e. The highest BCUT2D eigenvalue weighted by molar-refractivity contribution is 6.05. The zero-order valence-electron chi connectivity index (χ0n) is 18.0. The molecule has 4 rings (SSSR count). The molecule has 0 radical (unpaired) electrons. The molecule has 10 nitrogen and oxygen atoms in total. The van der Waals surface area contributed by atoms with Gasteiger partial charge in [0.25, 0.3) is 5.91 Å². The van der Waals surface area contributed by atoms with Crippen molar-refractivity contribution in [1.82, 2.24) is 20.4 Å². The molecule has 172 valence electrons. The number of amides is 4. The number of carboxylic acid groups (broad SMARTS) is 1. The Bertz CT molecular complexity index is 912. The summed E-state index contributed by atoms with van der Waals surface area (Å²) in [4.78, 5) is 53.2. The minimum Gasteiger partial charge on any atom is -0.465 e. The van der Waals surface area contributed by atoms with Gasteiger partial charge in [-0.1, -0.05) is 0 Å². The molecule has 3 aliphatic rings. The van der Waals surface area contributed by atoms with Crippen LogP contribution in [0.3, 0.4) is 0 Å². The molecule has 0 aromatic heterocycles. The van der Waals surface area contributed by atoms with Crippen LogP contribution in [0.1, 0.15) is 41.6 Å². The van der Waals surface area contributed by atoms with Crippen molar-refractivity contribution in [1.29, 1.82) is 0 Å². The Morgan fingerprint density at radius 3 is 2.62 bits per heavy atom. The first-order valence-corrected chi connectivity index (χ1v) is 11.1. The molecule has 32 heavy (non-hydrogen) atoms. The summed E-state index contributed by atoms with van der Waals surface area (Å²) in [5, 5.41) is 13.3. The minimum absolute atomic E-state index is 0.150. The van der Waals surface area contributed by atoms with E-state index in [1.165, 1.54) is 0 Å². The van der Waals surface area contributed by atoms with E-state index in [1.54, 1.807) is 4.90 Å². The molecule has 2 fully saturated rings. The molecule has 0 spiro atoms. The molecule has 1 aromatic carbocycles. The van der Waals surface area contributed by atoms with Gasteiger partial charge < -0.3 is 20.2 Å². The molecule has 0 aliphatic carbocycles. The third-order valence-corrected chi connectivity index (χ3v) is 6.42. The van der Waals surface area contributed by atoms with Crippen LogP contribution in [-0.4, -0.2) is 84.0 Å². The first-order valence-electron chi connectivity index (χ1n) is 11.1. The number of carbonyl (C=O) groups is 4. The van der Waals surface area contributed by atoms with Gasteiger partial charge in [0.2, 0.25) is 11.8 Å². The fourth-order valence-electron chi connectivity index (χ4n) is 4.64. The van der Waals surface area contributed by atoms with Crippen molar-refractivity contribution < 1.29 is 24.3 Å². The Morgan fingerprint density at radius 2 is 1.91 bits per heavy atom. The second kappa shape index (κ2) is 9.56. The standard InChI is InChI=1S/C22H29N5O5/c28-19-6-5-18(20(29)24-19)27-14-15-13-16(3-4-17(15)21(27)30)26-11-9-25(10-12-26)8-2-1-7-23-22(31)32/h3-4,13,18,23H,1-2,5-12,14H2,(H,31,32)(H,24,28,29). The topological polar surface area (TPSA) is 122 Å². The van der Waals surface area contributed by atoms with E-state index in [0.29, 0.717) is 25.1 Å². The van der Waals surface area contributed by atoms with E-state index in [2.05, 4.69) is 20.4 Å². The Balaban J connectivity index is 1.30. The van der Waals surface area contributed by atoms with Gasteiger partial charge in [0, 0.05) is 56.9 Å². The van der Waals surface area contributed by atoms with Gasteiger partial charge in [-0.25, -0.2) is 4.79 Å². The van der Waals surface area contributed by atoms with Crippen LogP contribution in [0.2, 0.25) is 0 Å². The van der Waals surface area contributed by atoms with Crippen LogP contribution in [0.4, 0.5) is 10.5 Å². The number of fused-ring (bicyclic) bond motifs is 1. The molecule has 4 amide bonds. The summed E-state index contributed by atoms with van der Waals surface area (Å²) in [7, 11) is 0.